The highest BCUT2D eigenvalue weighted by Gasteiger charge is 2.12. The van der Waals surface area contributed by atoms with Gasteiger partial charge in [0.1, 0.15) is 0 Å². The number of hydrogen-bond acceptors (Lipinski definition) is 5. The third-order valence-corrected chi connectivity index (χ3v) is 4.75. The molecule has 140 valence electrons. The lowest BCUT2D eigenvalue weighted by Gasteiger charge is -2.28. The first kappa shape index (κ1) is 17.4. The molecule has 2 heterocycles. The highest BCUT2D eigenvalue weighted by atomic mass is 16.5. The van der Waals surface area contributed by atoms with Gasteiger partial charge in [0, 0.05) is 37.6 Å². The van der Waals surface area contributed by atoms with E-state index in [0.29, 0.717) is 16.8 Å². The molecule has 1 aromatic heterocycles. The van der Waals surface area contributed by atoms with Crippen LogP contribution in [-0.2, 0) is 23.0 Å². The Bertz CT molecular complexity index is 1010. The van der Waals surface area contributed by atoms with E-state index in [1.807, 2.05) is 24.3 Å². The fourth-order valence-corrected chi connectivity index (χ4v) is 3.25. The molecule has 0 saturated carbocycles. The summed E-state index contributed by atoms with van der Waals surface area (Å²) >= 11 is 0. The van der Waals surface area contributed by atoms with Crippen molar-refractivity contribution in [3.63, 3.8) is 0 Å². The number of fused-ring (bicyclic) bond motifs is 1. The van der Waals surface area contributed by atoms with E-state index in [0.717, 1.165) is 37.6 Å². The molecular weight excluding hydrogens is 346 g/mol. The molecule has 2 aromatic carbocycles. The van der Waals surface area contributed by atoms with Gasteiger partial charge in [0.15, 0.2) is 5.58 Å². The number of aryl methyl sites for hydroxylation is 1. The van der Waals surface area contributed by atoms with Crippen LogP contribution < -0.4 is 16.0 Å². The number of carbonyl (C=O) groups excluding carboxylic acids is 1. The topological polar surface area (TPSA) is 76.7 Å². The second-order valence-electron chi connectivity index (χ2n) is 6.60. The van der Waals surface area contributed by atoms with Crippen LogP contribution in [0.5, 0.6) is 0 Å². The maximum absolute atomic E-state index is 12.3. The fraction of sp³-hybridized carbons (Fsp3) is 0.300. The van der Waals surface area contributed by atoms with Crippen LogP contribution in [0.4, 0.5) is 11.4 Å². The van der Waals surface area contributed by atoms with E-state index in [1.165, 1.54) is 4.57 Å². The van der Waals surface area contributed by atoms with Crippen LogP contribution in [0.1, 0.15) is 5.56 Å². The fourth-order valence-electron chi connectivity index (χ4n) is 3.25. The highest BCUT2D eigenvalue weighted by molar-refractivity contribution is 5.94. The quantitative estimate of drug-likeness (QED) is 0.765. The number of nitrogens with one attached hydrogen (secondary N) is 1. The Balaban J connectivity index is 1.41. The molecule has 0 spiro atoms. The second kappa shape index (κ2) is 7.28. The van der Waals surface area contributed by atoms with Gasteiger partial charge >= 0.3 is 5.76 Å². The van der Waals surface area contributed by atoms with Gasteiger partial charge < -0.3 is 19.4 Å². The van der Waals surface area contributed by atoms with Gasteiger partial charge in [-0.1, -0.05) is 12.1 Å². The number of amides is 1. The Morgan fingerprint density at radius 3 is 2.59 bits per heavy atom. The Morgan fingerprint density at radius 2 is 1.85 bits per heavy atom. The molecule has 27 heavy (non-hydrogen) atoms. The molecule has 7 heteroatoms. The maximum atomic E-state index is 12.3. The second-order valence-corrected chi connectivity index (χ2v) is 6.60. The summed E-state index contributed by atoms with van der Waals surface area (Å²) in [6.45, 7) is 3.27. The summed E-state index contributed by atoms with van der Waals surface area (Å²) in [6.07, 6.45) is 0.278. The first-order valence-electron chi connectivity index (χ1n) is 8.91. The minimum Gasteiger partial charge on any atom is -0.408 e. The number of oxazole rings is 1. The third kappa shape index (κ3) is 3.73. The van der Waals surface area contributed by atoms with E-state index in [4.69, 9.17) is 9.15 Å². The number of carbonyl (C=O) groups is 1. The van der Waals surface area contributed by atoms with Crippen LogP contribution >= 0.6 is 0 Å². The molecule has 0 aliphatic carbocycles. The van der Waals surface area contributed by atoms with Gasteiger partial charge in [-0.2, -0.15) is 0 Å². The van der Waals surface area contributed by atoms with Crippen molar-refractivity contribution in [1.82, 2.24) is 4.57 Å². The number of anilines is 2. The summed E-state index contributed by atoms with van der Waals surface area (Å²) in [5.74, 6) is -0.541. The molecule has 1 aliphatic heterocycles. The lowest BCUT2D eigenvalue weighted by Crippen LogP contribution is -2.36. The number of benzene rings is 2. The third-order valence-electron chi connectivity index (χ3n) is 4.75. The average Bonchev–Trinajstić information content (AvgIpc) is 2.96. The first-order chi connectivity index (χ1) is 13.1. The van der Waals surface area contributed by atoms with E-state index in [-0.39, 0.29) is 12.3 Å². The molecule has 0 radical (unpaired) electrons. The standard InChI is InChI=1S/C20H21N3O4/c1-22-17-7-4-15(13-18(17)27-20(22)25)21-19(24)12-14-2-5-16(6-3-14)23-8-10-26-11-9-23/h2-7,13H,8-12H2,1H3,(H,21,24). The van der Waals surface area contributed by atoms with Crippen molar-refractivity contribution >= 4 is 28.4 Å². The first-order valence-corrected chi connectivity index (χ1v) is 8.91. The molecule has 1 aliphatic rings. The van der Waals surface area contributed by atoms with Crippen LogP contribution in [0, 0.1) is 0 Å². The van der Waals surface area contributed by atoms with Crippen LogP contribution in [0.15, 0.2) is 51.7 Å². The summed E-state index contributed by atoms with van der Waals surface area (Å²) < 4.78 is 11.9. The summed E-state index contributed by atoms with van der Waals surface area (Å²) in [7, 11) is 1.65. The largest absolute Gasteiger partial charge is 0.419 e. The minimum atomic E-state index is -0.422. The highest BCUT2D eigenvalue weighted by Crippen LogP contribution is 2.19. The van der Waals surface area contributed by atoms with E-state index < -0.39 is 5.76 Å². The molecule has 7 nitrogen and oxygen atoms in total. The number of hydrogen-bond donors (Lipinski definition) is 1. The normalized spacial score (nSPS) is 14.5. The lowest BCUT2D eigenvalue weighted by atomic mass is 10.1. The van der Waals surface area contributed by atoms with Gasteiger partial charge in [0.2, 0.25) is 5.91 Å². The summed E-state index contributed by atoms with van der Waals surface area (Å²) in [5, 5.41) is 2.85. The van der Waals surface area contributed by atoms with E-state index in [1.54, 1.807) is 25.2 Å². The van der Waals surface area contributed by atoms with Crippen molar-refractivity contribution in [2.24, 2.45) is 7.05 Å². The molecular formula is C20H21N3O4. The Kier molecular flexibility index (Phi) is 4.68. The van der Waals surface area contributed by atoms with Crippen molar-refractivity contribution in [1.29, 1.82) is 0 Å². The van der Waals surface area contributed by atoms with Gasteiger partial charge in [-0.3, -0.25) is 9.36 Å². The molecule has 0 unspecified atom stereocenters. The van der Waals surface area contributed by atoms with Crippen molar-refractivity contribution in [2.75, 3.05) is 36.5 Å². The number of rotatable bonds is 4. The summed E-state index contributed by atoms with van der Waals surface area (Å²) in [5.41, 5.74) is 3.84. The number of aromatic nitrogens is 1. The molecule has 1 saturated heterocycles. The molecule has 1 amide bonds. The zero-order valence-electron chi connectivity index (χ0n) is 15.1. The van der Waals surface area contributed by atoms with E-state index >= 15 is 0 Å². The zero-order valence-corrected chi connectivity index (χ0v) is 15.1. The van der Waals surface area contributed by atoms with Crippen molar-refractivity contribution in [2.45, 2.75) is 6.42 Å². The number of ether oxygens (including phenoxy) is 1. The van der Waals surface area contributed by atoms with Gasteiger partial charge in [0.25, 0.3) is 0 Å². The van der Waals surface area contributed by atoms with Crippen LogP contribution in [0.2, 0.25) is 0 Å². The van der Waals surface area contributed by atoms with Crippen LogP contribution in [-0.4, -0.2) is 36.8 Å². The molecule has 0 atom stereocenters. The zero-order chi connectivity index (χ0) is 18.8. The predicted molar refractivity (Wildman–Crippen MR) is 103 cm³/mol. The van der Waals surface area contributed by atoms with Gasteiger partial charge in [-0.25, -0.2) is 4.79 Å². The van der Waals surface area contributed by atoms with Gasteiger partial charge in [0.05, 0.1) is 25.2 Å². The van der Waals surface area contributed by atoms with Gasteiger partial charge in [-0.05, 0) is 29.8 Å². The SMILES string of the molecule is Cn1c(=O)oc2cc(NC(=O)Cc3ccc(N4CCOCC4)cc3)ccc21. The summed E-state index contributed by atoms with van der Waals surface area (Å²) in [6, 6.07) is 13.2. The average molecular weight is 367 g/mol. The molecule has 4 rings (SSSR count). The Labute approximate surface area is 156 Å². The maximum Gasteiger partial charge on any atom is 0.419 e. The van der Waals surface area contributed by atoms with E-state index in [2.05, 4.69) is 10.2 Å². The predicted octanol–water partition coefficient (Wildman–Crippen LogP) is 2.15. The van der Waals surface area contributed by atoms with Crippen LogP contribution in [0.25, 0.3) is 11.1 Å². The van der Waals surface area contributed by atoms with E-state index in [9.17, 15) is 9.59 Å². The summed E-state index contributed by atoms with van der Waals surface area (Å²) in [4.78, 5) is 26.2. The molecule has 0 bridgehead atoms. The lowest BCUT2D eigenvalue weighted by molar-refractivity contribution is -0.115. The molecule has 3 aromatic rings. The molecule has 1 N–H and O–H groups in total. The Hall–Kier alpha value is -3.06. The number of morpholine rings is 1. The smallest absolute Gasteiger partial charge is 0.408 e. The monoisotopic (exact) mass is 367 g/mol. The minimum absolute atomic E-state index is 0.119. The molecule has 1 fully saturated rings. The van der Waals surface area contributed by atoms with Crippen LogP contribution in [0.3, 0.4) is 0 Å². The Morgan fingerprint density at radius 1 is 1.11 bits per heavy atom. The van der Waals surface area contributed by atoms with Gasteiger partial charge in [-0.15, -0.1) is 0 Å². The van der Waals surface area contributed by atoms with Crippen molar-refractivity contribution in [3.05, 3.63) is 58.6 Å². The van der Waals surface area contributed by atoms with Crippen molar-refractivity contribution in [3.8, 4) is 0 Å². The number of nitrogens with zero attached hydrogens (tertiary/aromatic N) is 2. The van der Waals surface area contributed by atoms with Crippen molar-refractivity contribution < 1.29 is 13.9 Å².